The molecule has 4 heteroatoms. The maximum absolute atomic E-state index is 11.3. The molecule has 13 heavy (non-hydrogen) atoms. The second-order valence-corrected chi connectivity index (χ2v) is 3.53. The Morgan fingerprint density at radius 3 is 2.85 bits per heavy atom. The molecule has 0 spiro atoms. The van der Waals surface area contributed by atoms with E-state index in [9.17, 15) is 4.79 Å². The second-order valence-electron chi connectivity index (χ2n) is 2.49. The normalized spacial score (nSPS) is 9.08. The van der Waals surface area contributed by atoms with Crippen LogP contribution >= 0.6 is 28.1 Å². The molecule has 1 aromatic rings. The predicted molar refractivity (Wildman–Crippen MR) is 58.2 cm³/mol. The summed E-state index contributed by atoms with van der Waals surface area (Å²) in [5.41, 5.74) is 1.58. The van der Waals surface area contributed by atoms with Crippen molar-refractivity contribution in [1.29, 1.82) is 0 Å². The van der Waals surface area contributed by atoms with Crippen molar-refractivity contribution in [2.75, 3.05) is 0 Å². The van der Waals surface area contributed by atoms with Gasteiger partial charge in [0.1, 0.15) is 0 Å². The summed E-state index contributed by atoms with van der Waals surface area (Å²) in [6, 6.07) is 5.40. The van der Waals surface area contributed by atoms with E-state index in [2.05, 4.69) is 33.1 Å². The molecule has 1 aromatic carbocycles. The number of rotatable bonds is 1. The molecule has 0 bridgehead atoms. The average molecular weight is 256 g/mol. The van der Waals surface area contributed by atoms with Gasteiger partial charge in [0, 0.05) is 4.47 Å². The number of amides is 1. The van der Waals surface area contributed by atoms with Crippen molar-refractivity contribution < 1.29 is 4.79 Å². The molecule has 0 unspecified atom stereocenters. The molecular weight excluding hydrogens is 250 g/mol. The molecule has 0 radical (unpaired) electrons. The summed E-state index contributed by atoms with van der Waals surface area (Å²) < 4.78 is 0.728. The van der Waals surface area contributed by atoms with Crippen molar-refractivity contribution in [3.05, 3.63) is 33.8 Å². The zero-order valence-corrected chi connectivity index (χ0v) is 9.28. The molecule has 0 aliphatic heterocycles. The SMILES string of the molecule is Cc1ccc(C(=O)N=C=S)c(Br)c1. The smallest absolute Gasteiger partial charge is 0.266 e. The fourth-order valence-electron chi connectivity index (χ4n) is 0.895. The Morgan fingerprint density at radius 2 is 2.31 bits per heavy atom. The van der Waals surface area contributed by atoms with Crippen molar-refractivity contribution in [2.45, 2.75) is 6.92 Å². The van der Waals surface area contributed by atoms with Crippen LogP contribution in [-0.4, -0.2) is 11.1 Å². The molecule has 0 aromatic heterocycles. The first-order valence-electron chi connectivity index (χ1n) is 3.53. The van der Waals surface area contributed by atoms with Gasteiger partial charge >= 0.3 is 0 Å². The first-order chi connectivity index (χ1) is 6.15. The first-order valence-corrected chi connectivity index (χ1v) is 4.73. The molecule has 0 atom stereocenters. The number of benzene rings is 1. The summed E-state index contributed by atoms with van der Waals surface area (Å²) in [4.78, 5) is 14.6. The molecule has 1 amide bonds. The van der Waals surface area contributed by atoms with Gasteiger partial charge in [-0.15, -0.1) is 0 Å². The number of thiocarbonyl (C=S) groups is 1. The highest BCUT2D eigenvalue weighted by molar-refractivity contribution is 9.10. The number of hydrogen-bond donors (Lipinski definition) is 0. The Balaban J connectivity index is 3.16. The molecule has 1 rings (SSSR count). The Hall–Kier alpha value is -0.830. The Labute approximate surface area is 89.8 Å². The topological polar surface area (TPSA) is 29.4 Å². The molecule has 0 fully saturated rings. The molecule has 0 aliphatic carbocycles. The van der Waals surface area contributed by atoms with Crippen LogP contribution in [0.1, 0.15) is 15.9 Å². The number of hydrogen-bond acceptors (Lipinski definition) is 2. The molecule has 0 heterocycles. The number of carbonyl (C=O) groups excluding carboxylic acids is 1. The van der Waals surface area contributed by atoms with Crippen LogP contribution in [0.2, 0.25) is 0 Å². The standard InChI is InChI=1S/C9H6BrNOS/c1-6-2-3-7(8(10)4-6)9(12)11-5-13/h2-4H,1H3. The highest BCUT2D eigenvalue weighted by Crippen LogP contribution is 2.18. The monoisotopic (exact) mass is 255 g/mol. The van der Waals surface area contributed by atoms with Crippen LogP contribution in [0.25, 0.3) is 0 Å². The number of halogens is 1. The van der Waals surface area contributed by atoms with Gasteiger partial charge in [-0.3, -0.25) is 4.79 Å². The van der Waals surface area contributed by atoms with Crippen molar-refractivity contribution >= 4 is 39.2 Å². The van der Waals surface area contributed by atoms with Crippen LogP contribution in [0.3, 0.4) is 0 Å². The molecule has 66 valence electrons. The van der Waals surface area contributed by atoms with E-state index in [0.29, 0.717) is 5.56 Å². The van der Waals surface area contributed by atoms with Gasteiger partial charge in [-0.25, -0.2) is 0 Å². The van der Waals surface area contributed by atoms with Gasteiger partial charge in [0.15, 0.2) is 0 Å². The van der Waals surface area contributed by atoms with Gasteiger partial charge in [0.2, 0.25) is 0 Å². The minimum absolute atomic E-state index is 0.373. The summed E-state index contributed by atoms with van der Waals surface area (Å²) in [6.45, 7) is 1.95. The van der Waals surface area contributed by atoms with E-state index in [0.717, 1.165) is 10.0 Å². The van der Waals surface area contributed by atoms with Crippen LogP contribution in [0.5, 0.6) is 0 Å². The number of isothiocyanates is 1. The Kier molecular flexibility index (Phi) is 3.48. The Bertz CT molecular complexity index is 397. The van der Waals surface area contributed by atoms with Crippen LogP contribution in [0.15, 0.2) is 27.7 Å². The van der Waals surface area contributed by atoms with Crippen molar-refractivity contribution in [2.24, 2.45) is 4.99 Å². The quantitative estimate of drug-likeness (QED) is 0.571. The van der Waals surface area contributed by atoms with Gasteiger partial charge < -0.3 is 0 Å². The Morgan fingerprint density at radius 1 is 1.62 bits per heavy atom. The van der Waals surface area contributed by atoms with Crippen LogP contribution < -0.4 is 0 Å². The summed E-state index contributed by atoms with van der Waals surface area (Å²) in [5.74, 6) is -0.373. The summed E-state index contributed by atoms with van der Waals surface area (Å²) in [7, 11) is 0. The fourth-order valence-corrected chi connectivity index (χ4v) is 1.64. The summed E-state index contributed by atoms with van der Waals surface area (Å²) in [5, 5.41) is 2.05. The number of nitrogens with zero attached hydrogens (tertiary/aromatic N) is 1. The van der Waals surface area contributed by atoms with E-state index in [1.54, 1.807) is 6.07 Å². The van der Waals surface area contributed by atoms with Gasteiger partial charge in [-0.2, -0.15) is 4.99 Å². The third kappa shape index (κ3) is 2.56. The molecular formula is C9H6BrNOS. The highest BCUT2D eigenvalue weighted by atomic mass is 79.9. The van der Waals surface area contributed by atoms with Crippen molar-refractivity contribution in [3.8, 4) is 0 Å². The highest BCUT2D eigenvalue weighted by Gasteiger charge is 2.07. The van der Waals surface area contributed by atoms with Crippen molar-refractivity contribution in [1.82, 2.24) is 0 Å². The number of carbonyl (C=O) groups is 1. The minimum Gasteiger partial charge on any atom is -0.266 e. The fraction of sp³-hybridized carbons (Fsp3) is 0.111. The van der Waals surface area contributed by atoms with E-state index in [4.69, 9.17) is 0 Å². The lowest BCUT2D eigenvalue weighted by Crippen LogP contribution is -1.95. The van der Waals surface area contributed by atoms with E-state index in [1.807, 2.05) is 24.2 Å². The largest absolute Gasteiger partial charge is 0.286 e. The average Bonchev–Trinajstić information content (AvgIpc) is 2.04. The lowest BCUT2D eigenvalue weighted by molar-refractivity contribution is 0.100. The van der Waals surface area contributed by atoms with Crippen molar-refractivity contribution in [3.63, 3.8) is 0 Å². The minimum atomic E-state index is -0.373. The summed E-state index contributed by atoms with van der Waals surface area (Å²) in [6.07, 6.45) is 0. The first kappa shape index (κ1) is 10.3. The van der Waals surface area contributed by atoms with Crippen LogP contribution in [0, 0.1) is 6.92 Å². The van der Waals surface area contributed by atoms with Crippen LogP contribution in [0.4, 0.5) is 0 Å². The predicted octanol–water partition coefficient (Wildman–Crippen LogP) is 3.00. The number of aliphatic imine (C=N–C) groups is 1. The van der Waals surface area contributed by atoms with E-state index in [1.165, 1.54) is 0 Å². The van der Waals surface area contributed by atoms with Gasteiger partial charge in [0.05, 0.1) is 10.7 Å². The maximum atomic E-state index is 11.3. The van der Waals surface area contributed by atoms with Gasteiger partial charge in [0.25, 0.3) is 5.91 Å². The zero-order valence-electron chi connectivity index (χ0n) is 6.87. The maximum Gasteiger partial charge on any atom is 0.286 e. The molecule has 0 saturated carbocycles. The molecule has 0 N–H and O–H groups in total. The number of aryl methyl sites for hydroxylation is 1. The van der Waals surface area contributed by atoms with Gasteiger partial charge in [-0.1, -0.05) is 6.07 Å². The van der Waals surface area contributed by atoms with E-state index < -0.39 is 0 Å². The van der Waals surface area contributed by atoms with Crippen LogP contribution in [-0.2, 0) is 0 Å². The van der Waals surface area contributed by atoms with E-state index in [-0.39, 0.29) is 5.91 Å². The van der Waals surface area contributed by atoms with Gasteiger partial charge in [-0.05, 0) is 52.8 Å². The third-order valence-electron chi connectivity index (χ3n) is 1.50. The molecule has 0 saturated heterocycles. The summed E-state index contributed by atoms with van der Waals surface area (Å²) >= 11 is 7.62. The second kappa shape index (κ2) is 4.42. The lowest BCUT2D eigenvalue weighted by Gasteiger charge is -1.99. The van der Waals surface area contributed by atoms with E-state index >= 15 is 0 Å². The molecule has 2 nitrogen and oxygen atoms in total. The molecule has 0 aliphatic rings. The lowest BCUT2D eigenvalue weighted by atomic mass is 10.1. The zero-order chi connectivity index (χ0) is 9.84. The third-order valence-corrected chi connectivity index (χ3v) is 2.25.